The van der Waals surface area contributed by atoms with Crippen LogP contribution in [0.25, 0.3) is 22.4 Å². The number of halogens is 6. The van der Waals surface area contributed by atoms with Gasteiger partial charge in [-0.2, -0.15) is 5.26 Å². The Hall–Kier alpha value is -3.54. The minimum Gasteiger partial charge on any atom is -0.383 e. The first kappa shape index (κ1) is 18.3. The fourth-order valence-electron chi connectivity index (χ4n) is 2.52. The number of benzene rings is 2. The van der Waals surface area contributed by atoms with E-state index in [0.717, 1.165) is 18.2 Å². The second-order valence-electron chi connectivity index (χ2n) is 5.38. The number of anilines is 1. The molecule has 0 spiro atoms. The van der Waals surface area contributed by atoms with Crippen molar-refractivity contribution in [3.8, 4) is 28.5 Å². The fourth-order valence-corrected chi connectivity index (χ4v) is 2.52. The molecule has 3 rings (SSSR count). The van der Waals surface area contributed by atoms with Crippen molar-refractivity contribution in [2.45, 2.75) is 0 Å². The summed E-state index contributed by atoms with van der Waals surface area (Å²) in [4.78, 5) is 3.85. The van der Waals surface area contributed by atoms with E-state index in [-0.39, 0.29) is 11.3 Å². The Bertz CT molecular complexity index is 1090. The van der Waals surface area contributed by atoms with Gasteiger partial charge in [-0.25, -0.2) is 31.3 Å². The largest absolute Gasteiger partial charge is 0.383 e. The van der Waals surface area contributed by atoms with Crippen molar-refractivity contribution in [1.29, 1.82) is 5.26 Å². The Kier molecular flexibility index (Phi) is 4.49. The van der Waals surface area contributed by atoms with Crippen LogP contribution < -0.4 is 5.73 Å². The molecule has 0 aliphatic carbocycles. The van der Waals surface area contributed by atoms with Gasteiger partial charge in [-0.3, -0.25) is 0 Å². The summed E-state index contributed by atoms with van der Waals surface area (Å²) >= 11 is 0. The molecule has 0 saturated carbocycles. The Labute approximate surface area is 148 Å². The summed E-state index contributed by atoms with van der Waals surface area (Å²) in [6.45, 7) is 0. The van der Waals surface area contributed by atoms with E-state index in [1.54, 1.807) is 0 Å². The van der Waals surface area contributed by atoms with Crippen molar-refractivity contribution in [2.24, 2.45) is 0 Å². The van der Waals surface area contributed by atoms with Crippen molar-refractivity contribution < 1.29 is 26.3 Å². The number of hydrogen-bond donors (Lipinski definition) is 1. The second kappa shape index (κ2) is 6.64. The summed E-state index contributed by atoms with van der Waals surface area (Å²) in [5, 5.41) is 9.20. The number of rotatable bonds is 2. The standard InChI is InChI=1S/C18H7F6N3/c19-8-3-1-2-7(4-8)11-5-9(10(6-25)18(26)27-11)12-13(20)15(22)17(24)16(23)14(12)21/h1-5H,(H2,26,27). The quantitative estimate of drug-likeness (QED) is 0.399. The summed E-state index contributed by atoms with van der Waals surface area (Å²) in [7, 11) is 0. The topological polar surface area (TPSA) is 62.7 Å². The summed E-state index contributed by atoms with van der Waals surface area (Å²) in [5.74, 6) is -12.1. The average molecular weight is 379 g/mol. The van der Waals surface area contributed by atoms with Crippen LogP contribution in [0, 0.1) is 46.2 Å². The first-order valence-electron chi connectivity index (χ1n) is 7.24. The summed E-state index contributed by atoms with van der Waals surface area (Å²) in [5.41, 5.74) is 3.05. The third kappa shape index (κ3) is 2.95. The normalized spacial score (nSPS) is 10.7. The lowest BCUT2D eigenvalue weighted by molar-refractivity contribution is 0.381. The molecule has 0 fully saturated rings. The van der Waals surface area contributed by atoms with Gasteiger partial charge in [-0.1, -0.05) is 12.1 Å². The van der Waals surface area contributed by atoms with E-state index < -0.39 is 57.4 Å². The summed E-state index contributed by atoms with van der Waals surface area (Å²) < 4.78 is 82.2. The predicted molar refractivity (Wildman–Crippen MR) is 84.0 cm³/mol. The van der Waals surface area contributed by atoms with Crippen LogP contribution in [0.1, 0.15) is 5.56 Å². The van der Waals surface area contributed by atoms with Gasteiger partial charge in [0, 0.05) is 11.1 Å². The van der Waals surface area contributed by atoms with Gasteiger partial charge in [0.05, 0.1) is 11.3 Å². The highest BCUT2D eigenvalue weighted by Gasteiger charge is 2.29. The highest BCUT2D eigenvalue weighted by atomic mass is 19.2. The van der Waals surface area contributed by atoms with Gasteiger partial charge in [0.1, 0.15) is 23.3 Å². The van der Waals surface area contributed by atoms with E-state index >= 15 is 0 Å². The molecule has 0 aliphatic rings. The number of nitrogens with two attached hydrogens (primary N) is 1. The van der Waals surface area contributed by atoms with Crippen molar-refractivity contribution in [3.05, 3.63) is 70.8 Å². The van der Waals surface area contributed by atoms with Gasteiger partial charge >= 0.3 is 0 Å². The van der Waals surface area contributed by atoms with Crippen LogP contribution in [0.3, 0.4) is 0 Å². The maximum absolute atomic E-state index is 14.2. The Morgan fingerprint density at radius 3 is 2.00 bits per heavy atom. The Balaban J connectivity index is 2.39. The summed E-state index contributed by atoms with van der Waals surface area (Å²) in [6, 6.07) is 7.29. The number of nitrogens with zero attached hydrogens (tertiary/aromatic N) is 2. The number of hydrogen-bond acceptors (Lipinski definition) is 3. The third-order valence-electron chi connectivity index (χ3n) is 3.76. The van der Waals surface area contributed by atoms with Crippen molar-refractivity contribution in [1.82, 2.24) is 4.98 Å². The number of aromatic nitrogens is 1. The van der Waals surface area contributed by atoms with Gasteiger partial charge in [0.2, 0.25) is 5.82 Å². The fraction of sp³-hybridized carbons (Fsp3) is 0. The van der Waals surface area contributed by atoms with E-state index in [9.17, 15) is 31.6 Å². The SMILES string of the molecule is N#Cc1c(-c2c(F)c(F)c(F)c(F)c2F)cc(-c2cccc(F)c2)nc1N. The molecule has 27 heavy (non-hydrogen) atoms. The summed E-state index contributed by atoms with van der Waals surface area (Å²) in [6.07, 6.45) is 0. The van der Waals surface area contributed by atoms with Crippen LogP contribution >= 0.6 is 0 Å². The molecule has 1 heterocycles. The maximum Gasteiger partial charge on any atom is 0.200 e. The van der Waals surface area contributed by atoms with Crippen molar-refractivity contribution >= 4 is 5.82 Å². The molecule has 0 atom stereocenters. The van der Waals surface area contributed by atoms with Gasteiger partial charge < -0.3 is 5.73 Å². The molecule has 0 aliphatic heterocycles. The predicted octanol–water partition coefficient (Wildman–Crippen LogP) is 4.70. The first-order valence-corrected chi connectivity index (χ1v) is 7.24. The van der Waals surface area contributed by atoms with Gasteiger partial charge in [-0.05, 0) is 18.2 Å². The molecular formula is C18H7F6N3. The molecule has 3 aromatic rings. The zero-order valence-corrected chi connectivity index (χ0v) is 13.1. The monoisotopic (exact) mass is 379 g/mol. The molecule has 0 amide bonds. The first-order chi connectivity index (χ1) is 12.8. The number of nitrogen functional groups attached to an aromatic ring is 1. The zero-order valence-electron chi connectivity index (χ0n) is 13.1. The van der Waals surface area contributed by atoms with E-state index in [4.69, 9.17) is 5.73 Å². The molecule has 9 heteroatoms. The van der Waals surface area contributed by atoms with E-state index in [1.807, 2.05) is 0 Å². The van der Waals surface area contributed by atoms with E-state index in [0.29, 0.717) is 0 Å². The smallest absolute Gasteiger partial charge is 0.200 e. The average Bonchev–Trinajstić information content (AvgIpc) is 2.64. The number of nitriles is 1. The molecule has 0 unspecified atom stereocenters. The zero-order chi connectivity index (χ0) is 19.9. The lowest BCUT2D eigenvalue weighted by Gasteiger charge is -2.13. The van der Waals surface area contributed by atoms with Crippen LogP contribution in [0.15, 0.2) is 30.3 Å². The van der Waals surface area contributed by atoms with Crippen molar-refractivity contribution in [2.75, 3.05) is 5.73 Å². The molecule has 0 radical (unpaired) electrons. The van der Waals surface area contributed by atoms with Gasteiger partial charge in [0.25, 0.3) is 0 Å². The Morgan fingerprint density at radius 2 is 1.44 bits per heavy atom. The molecule has 3 nitrogen and oxygen atoms in total. The maximum atomic E-state index is 14.2. The lowest BCUT2D eigenvalue weighted by atomic mass is 9.97. The van der Waals surface area contributed by atoms with Crippen LogP contribution in [0.4, 0.5) is 32.2 Å². The van der Waals surface area contributed by atoms with E-state index in [1.165, 1.54) is 18.2 Å². The Morgan fingerprint density at radius 1 is 0.852 bits per heavy atom. The minimum absolute atomic E-state index is 0.120. The van der Waals surface area contributed by atoms with Crippen molar-refractivity contribution in [3.63, 3.8) is 0 Å². The highest BCUT2D eigenvalue weighted by molar-refractivity contribution is 5.80. The van der Waals surface area contributed by atoms with Crippen LogP contribution in [-0.2, 0) is 0 Å². The van der Waals surface area contributed by atoms with Crippen LogP contribution in [0.5, 0.6) is 0 Å². The highest BCUT2D eigenvalue weighted by Crippen LogP contribution is 2.37. The molecule has 2 aromatic carbocycles. The molecule has 136 valence electrons. The molecule has 0 bridgehead atoms. The molecule has 0 saturated heterocycles. The minimum atomic E-state index is -2.33. The molecular weight excluding hydrogens is 372 g/mol. The van der Waals surface area contributed by atoms with Gasteiger partial charge in [0.15, 0.2) is 23.3 Å². The van der Waals surface area contributed by atoms with Gasteiger partial charge in [-0.15, -0.1) is 0 Å². The third-order valence-corrected chi connectivity index (χ3v) is 3.76. The molecule has 1 aromatic heterocycles. The molecule has 2 N–H and O–H groups in total. The van der Waals surface area contributed by atoms with Crippen LogP contribution in [-0.4, -0.2) is 4.98 Å². The lowest BCUT2D eigenvalue weighted by Crippen LogP contribution is -2.07. The van der Waals surface area contributed by atoms with Crippen LogP contribution in [0.2, 0.25) is 0 Å². The second-order valence-corrected chi connectivity index (χ2v) is 5.38. The number of pyridine rings is 1. The van der Waals surface area contributed by atoms with E-state index in [2.05, 4.69) is 4.98 Å².